The number of rotatable bonds is 8. The first-order chi connectivity index (χ1) is 10.2. The van der Waals surface area contributed by atoms with Crippen LogP contribution in [0.1, 0.15) is 32.3 Å². The van der Waals surface area contributed by atoms with Crippen molar-refractivity contribution >= 4 is 22.8 Å². The van der Waals surface area contributed by atoms with Crippen LogP contribution in [0, 0.1) is 0 Å². The predicted molar refractivity (Wildman–Crippen MR) is 88.1 cm³/mol. The molecule has 0 N–H and O–H groups in total. The van der Waals surface area contributed by atoms with Crippen LogP contribution in [0.3, 0.4) is 0 Å². The van der Waals surface area contributed by atoms with Crippen LogP contribution in [0.4, 0.5) is 0 Å². The Morgan fingerprint density at radius 3 is 2.48 bits per heavy atom. The molecule has 0 aliphatic rings. The Bertz CT molecular complexity index is 582. The molecule has 0 bridgehead atoms. The maximum atomic E-state index is 5.95. The highest BCUT2D eigenvalue weighted by molar-refractivity contribution is 6.17. The first kappa shape index (κ1) is 16.3. The summed E-state index contributed by atoms with van der Waals surface area (Å²) in [4.78, 5) is 7.22. The fraction of sp³-hybridized carbons (Fsp3) is 0.733. The maximum Gasteiger partial charge on any atom is 0.158 e. The van der Waals surface area contributed by atoms with Gasteiger partial charge in [-0.3, -0.25) is 4.68 Å². The number of alkyl halides is 1. The highest BCUT2D eigenvalue weighted by Gasteiger charge is 2.18. The number of hydrogen-bond acceptors (Lipinski definition) is 3. The summed E-state index contributed by atoms with van der Waals surface area (Å²) in [6.07, 6.45) is 1.71. The van der Waals surface area contributed by atoms with E-state index in [4.69, 9.17) is 16.6 Å². The largest absolute Gasteiger partial charge is 0.312 e. The average molecular weight is 312 g/mol. The van der Waals surface area contributed by atoms with Crippen molar-refractivity contribution in [3.63, 3.8) is 0 Å². The molecule has 0 aromatic carbocycles. The number of aromatic nitrogens is 4. The summed E-state index contributed by atoms with van der Waals surface area (Å²) >= 11 is 5.95. The van der Waals surface area contributed by atoms with E-state index in [1.807, 2.05) is 11.7 Å². The lowest BCUT2D eigenvalue weighted by molar-refractivity contribution is 0.290. The highest BCUT2D eigenvalue weighted by Crippen LogP contribution is 2.20. The monoisotopic (exact) mass is 311 g/mol. The van der Waals surface area contributed by atoms with E-state index in [0.717, 1.165) is 61.7 Å². The second-order valence-corrected chi connectivity index (χ2v) is 5.62. The number of halogens is 1. The Hall–Kier alpha value is -1.07. The molecule has 0 saturated heterocycles. The lowest BCUT2D eigenvalue weighted by Crippen LogP contribution is -2.27. The number of likely N-dealkylation sites (N-methyl/N-ethyl adjacent to an activating group) is 1. The predicted octanol–water partition coefficient (Wildman–Crippen LogP) is 2.46. The summed E-state index contributed by atoms with van der Waals surface area (Å²) in [7, 11) is 2.00. The third-order valence-electron chi connectivity index (χ3n) is 4.06. The molecule has 118 valence electrons. The maximum absolute atomic E-state index is 5.95. The van der Waals surface area contributed by atoms with Crippen molar-refractivity contribution in [1.82, 2.24) is 24.2 Å². The van der Waals surface area contributed by atoms with Crippen molar-refractivity contribution in [1.29, 1.82) is 0 Å². The number of imidazole rings is 1. The van der Waals surface area contributed by atoms with Gasteiger partial charge >= 0.3 is 0 Å². The van der Waals surface area contributed by atoms with Gasteiger partial charge in [0.1, 0.15) is 11.3 Å². The van der Waals surface area contributed by atoms with Gasteiger partial charge in [-0.1, -0.05) is 20.8 Å². The van der Waals surface area contributed by atoms with Crippen molar-refractivity contribution in [2.75, 3.05) is 25.5 Å². The molecule has 0 spiro atoms. The zero-order chi connectivity index (χ0) is 15.4. The van der Waals surface area contributed by atoms with E-state index >= 15 is 0 Å². The second-order valence-electron chi connectivity index (χ2n) is 5.24. The van der Waals surface area contributed by atoms with Gasteiger partial charge in [0.15, 0.2) is 5.65 Å². The van der Waals surface area contributed by atoms with Gasteiger partial charge in [0, 0.05) is 32.4 Å². The molecule has 2 aromatic heterocycles. The van der Waals surface area contributed by atoms with E-state index in [-0.39, 0.29) is 0 Å². The summed E-state index contributed by atoms with van der Waals surface area (Å²) < 4.78 is 4.25. The minimum Gasteiger partial charge on any atom is -0.312 e. The zero-order valence-electron chi connectivity index (χ0n) is 13.6. The number of fused-ring (bicyclic) bond motifs is 1. The molecule has 6 heteroatoms. The molecule has 0 amide bonds. The summed E-state index contributed by atoms with van der Waals surface area (Å²) in [6, 6.07) is 0. The molecule has 2 rings (SSSR count). The molecule has 5 nitrogen and oxygen atoms in total. The molecule has 2 aromatic rings. The Morgan fingerprint density at radius 1 is 1.19 bits per heavy atom. The van der Waals surface area contributed by atoms with Crippen LogP contribution in [0.25, 0.3) is 11.2 Å². The zero-order valence-corrected chi connectivity index (χ0v) is 14.3. The highest BCUT2D eigenvalue weighted by atomic mass is 35.5. The lowest BCUT2D eigenvalue weighted by Gasteiger charge is -2.19. The molecule has 0 aliphatic carbocycles. The van der Waals surface area contributed by atoms with Gasteiger partial charge in [0.25, 0.3) is 0 Å². The van der Waals surface area contributed by atoms with Gasteiger partial charge < -0.3 is 9.47 Å². The van der Waals surface area contributed by atoms with Crippen LogP contribution in [-0.4, -0.2) is 49.7 Å². The molecule has 0 atom stereocenters. The summed E-state index contributed by atoms with van der Waals surface area (Å²) in [5, 5.41) is 4.58. The van der Waals surface area contributed by atoms with Gasteiger partial charge in [0.05, 0.1) is 5.69 Å². The topological polar surface area (TPSA) is 38.9 Å². The van der Waals surface area contributed by atoms with E-state index in [9.17, 15) is 0 Å². The number of nitrogens with zero attached hydrogens (tertiary/aromatic N) is 5. The quantitative estimate of drug-likeness (QED) is 0.703. The smallest absolute Gasteiger partial charge is 0.158 e. The normalized spacial score (nSPS) is 11.9. The molecule has 2 heterocycles. The molecule has 0 radical (unpaired) electrons. The molecular weight excluding hydrogens is 286 g/mol. The summed E-state index contributed by atoms with van der Waals surface area (Å²) in [6.45, 7) is 10.6. The van der Waals surface area contributed by atoms with E-state index in [2.05, 4.69) is 35.3 Å². The SMILES string of the molecule is CCc1nn(C)c2c1nc(CCCl)n2CCN(CC)CC. The van der Waals surface area contributed by atoms with E-state index in [0.29, 0.717) is 5.88 Å². The van der Waals surface area contributed by atoms with Gasteiger partial charge in [-0.25, -0.2) is 4.98 Å². The van der Waals surface area contributed by atoms with E-state index in [1.54, 1.807) is 0 Å². The molecule has 0 unspecified atom stereocenters. The van der Waals surface area contributed by atoms with E-state index < -0.39 is 0 Å². The minimum absolute atomic E-state index is 0.601. The Morgan fingerprint density at radius 2 is 1.90 bits per heavy atom. The fourth-order valence-corrected chi connectivity index (χ4v) is 2.99. The standard InChI is InChI=1S/C15H26ClN5/c1-5-12-14-15(19(4)18-12)21(13(17-14)8-9-16)11-10-20(6-2)7-3/h5-11H2,1-4H3. The van der Waals surface area contributed by atoms with Gasteiger partial charge in [-0.2, -0.15) is 5.10 Å². The third-order valence-corrected chi connectivity index (χ3v) is 4.25. The third kappa shape index (κ3) is 3.24. The van der Waals surface area contributed by atoms with Gasteiger partial charge in [-0.15, -0.1) is 11.6 Å². The first-order valence-corrected chi connectivity index (χ1v) is 8.38. The van der Waals surface area contributed by atoms with Crippen LogP contribution < -0.4 is 0 Å². The van der Waals surface area contributed by atoms with Crippen molar-refractivity contribution in [3.8, 4) is 0 Å². The first-order valence-electron chi connectivity index (χ1n) is 7.85. The molecular formula is C15H26ClN5. The van der Waals surface area contributed by atoms with Crippen molar-refractivity contribution in [3.05, 3.63) is 11.5 Å². The fourth-order valence-electron chi connectivity index (χ4n) is 2.82. The van der Waals surface area contributed by atoms with Crippen LogP contribution >= 0.6 is 11.6 Å². The van der Waals surface area contributed by atoms with Crippen molar-refractivity contribution in [2.45, 2.75) is 40.2 Å². The van der Waals surface area contributed by atoms with Crippen molar-refractivity contribution < 1.29 is 0 Å². The van der Waals surface area contributed by atoms with Gasteiger partial charge in [0.2, 0.25) is 0 Å². The Balaban J connectivity index is 2.38. The van der Waals surface area contributed by atoms with Crippen LogP contribution in [0.5, 0.6) is 0 Å². The summed E-state index contributed by atoms with van der Waals surface area (Å²) in [5.74, 6) is 1.68. The lowest BCUT2D eigenvalue weighted by atomic mass is 10.3. The molecule has 0 saturated carbocycles. The minimum atomic E-state index is 0.601. The Labute approximate surface area is 131 Å². The number of hydrogen-bond donors (Lipinski definition) is 0. The van der Waals surface area contributed by atoms with Crippen molar-refractivity contribution in [2.24, 2.45) is 7.05 Å². The number of aryl methyl sites for hydroxylation is 3. The molecule has 21 heavy (non-hydrogen) atoms. The van der Waals surface area contributed by atoms with Gasteiger partial charge in [-0.05, 0) is 19.5 Å². The van der Waals surface area contributed by atoms with Crippen LogP contribution in [0.15, 0.2) is 0 Å². The molecule has 0 aliphatic heterocycles. The molecule has 0 fully saturated rings. The Kier molecular flexibility index (Phi) is 5.65. The summed E-state index contributed by atoms with van der Waals surface area (Å²) in [5.41, 5.74) is 3.24. The van der Waals surface area contributed by atoms with Crippen LogP contribution in [0.2, 0.25) is 0 Å². The second kappa shape index (κ2) is 7.27. The average Bonchev–Trinajstić information content (AvgIpc) is 2.99. The van der Waals surface area contributed by atoms with E-state index in [1.165, 1.54) is 0 Å². The van der Waals surface area contributed by atoms with Crippen LogP contribution in [-0.2, 0) is 26.4 Å².